The van der Waals surface area contributed by atoms with E-state index in [9.17, 15) is 13.2 Å². The van der Waals surface area contributed by atoms with E-state index in [-0.39, 0.29) is 23.7 Å². The quantitative estimate of drug-likeness (QED) is 0.601. The second kappa shape index (κ2) is 5.30. The van der Waals surface area contributed by atoms with Crippen molar-refractivity contribution >= 4 is 21.1 Å². The lowest BCUT2D eigenvalue weighted by molar-refractivity contribution is 0.273. The molecule has 0 atom stereocenters. The maximum absolute atomic E-state index is 12.9. The minimum Gasteiger partial charge on any atom is -0.390 e. The Morgan fingerprint density at radius 1 is 1.17 bits per heavy atom. The molecule has 1 aliphatic rings. The molecule has 3 aromatic rings. The molecule has 1 aliphatic heterocycles. The van der Waals surface area contributed by atoms with Crippen molar-refractivity contribution in [1.82, 2.24) is 24.1 Å². The fourth-order valence-corrected chi connectivity index (χ4v) is 4.33. The van der Waals surface area contributed by atoms with E-state index in [1.165, 1.54) is 16.4 Å². The number of nitrogens with one attached hydrogen (secondary N) is 2. The Balaban J connectivity index is 1.70. The molecule has 10 heteroatoms. The summed E-state index contributed by atoms with van der Waals surface area (Å²) in [5.74, 6) is 0. The van der Waals surface area contributed by atoms with E-state index in [1.807, 2.05) is 0 Å². The Labute approximate surface area is 136 Å². The van der Waals surface area contributed by atoms with Crippen LogP contribution >= 0.6 is 0 Å². The molecule has 1 aromatic carbocycles. The molecular formula is C14H15N5O4S. The lowest BCUT2D eigenvalue weighted by Crippen LogP contribution is -2.38. The number of nitrogens with zero attached hydrogens (tertiary/aromatic N) is 3. The molecule has 126 valence electrons. The van der Waals surface area contributed by atoms with Gasteiger partial charge in [-0.05, 0) is 24.3 Å². The topological polar surface area (TPSA) is 124 Å². The number of imidazole rings is 1. The third-order valence-electron chi connectivity index (χ3n) is 4.10. The van der Waals surface area contributed by atoms with E-state index in [0.29, 0.717) is 29.8 Å². The number of H-pyrrole nitrogens is 2. The molecule has 0 bridgehead atoms. The van der Waals surface area contributed by atoms with Gasteiger partial charge >= 0.3 is 5.69 Å². The van der Waals surface area contributed by atoms with Crippen LogP contribution in [0.1, 0.15) is 11.4 Å². The molecule has 0 saturated heterocycles. The van der Waals surface area contributed by atoms with Gasteiger partial charge in [-0.3, -0.25) is 4.68 Å². The van der Waals surface area contributed by atoms with Crippen LogP contribution in [0.5, 0.6) is 0 Å². The second-order valence-electron chi connectivity index (χ2n) is 5.63. The molecule has 0 saturated carbocycles. The number of sulfonamides is 1. The van der Waals surface area contributed by atoms with Gasteiger partial charge in [-0.25, -0.2) is 13.2 Å². The van der Waals surface area contributed by atoms with Crippen molar-refractivity contribution in [3.8, 4) is 0 Å². The van der Waals surface area contributed by atoms with Gasteiger partial charge in [0.25, 0.3) is 0 Å². The Kier molecular flexibility index (Phi) is 3.34. The van der Waals surface area contributed by atoms with E-state index in [0.717, 1.165) is 5.69 Å². The van der Waals surface area contributed by atoms with Gasteiger partial charge in [-0.2, -0.15) is 9.40 Å². The van der Waals surface area contributed by atoms with Gasteiger partial charge in [-0.15, -0.1) is 0 Å². The van der Waals surface area contributed by atoms with Gasteiger partial charge in [-0.1, -0.05) is 0 Å². The lowest BCUT2D eigenvalue weighted by atomic mass is 10.3. The molecule has 3 heterocycles. The molecular weight excluding hydrogens is 334 g/mol. The van der Waals surface area contributed by atoms with Crippen LogP contribution in [0.15, 0.2) is 34.0 Å². The summed E-state index contributed by atoms with van der Waals surface area (Å²) < 4.78 is 28.8. The van der Waals surface area contributed by atoms with Crippen molar-refractivity contribution in [3.05, 3.63) is 46.1 Å². The highest BCUT2D eigenvalue weighted by molar-refractivity contribution is 7.89. The number of aliphatic hydroxyl groups excluding tert-OH is 1. The first-order valence-electron chi connectivity index (χ1n) is 7.36. The van der Waals surface area contributed by atoms with Crippen LogP contribution in [0.25, 0.3) is 11.0 Å². The molecule has 2 aromatic heterocycles. The van der Waals surface area contributed by atoms with Gasteiger partial charge in [0.1, 0.15) is 0 Å². The zero-order chi connectivity index (χ0) is 16.9. The van der Waals surface area contributed by atoms with Crippen molar-refractivity contribution in [2.45, 2.75) is 24.6 Å². The average Bonchev–Trinajstić information content (AvgIpc) is 3.14. The summed E-state index contributed by atoms with van der Waals surface area (Å²) >= 11 is 0. The van der Waals surface area contributed by atoms with E-state index >= 15 is 0 Å². The van der Waals surface area contributed by atoms with Crippen LogP contribution in [-0.4, -0.2) is 44.1 Å². The minimum absolute atomic E-state index is 0.126. The third-order valence-corrected chi connectivity index (χ3v) is 5.94. The van der Waals surface area contributed by atoms with Gasteiger partial charge < -0.3 is 15.1 Å². The zero-order valence-corrected chi connectivity index (χ0v) is 13.4. The summed E-state index contributed by atoms with van der Waals surface area (Å²) in [5.41, 5.74) is 1.90. The summed E-state index contributed by atoms with van der Waals surface area (Å²) in [6.45, 7) is 0.739. The summed E-state index contributed by atoms with van der Waals surface area (Å²) in [5, 5.41) is 13.4. The fraction of sp³-hybridized carbons (Fsp3) is 0.286. The predicted molar refractivity (Wildman–Crippen MR) is 84.7 cm³/mol. The third kappa shape index (κ3) is 2.35. The maximum atomic E-state index is 12.9. The number of aromatic amines is 2. The monoisotopic (exact) mass is 349 g/mol. The van der Waals surface area contributed by atoms with Crippen molar-refractivity contribution in [1.29, 1.82) is 0 Å². The number of aromatic nitrogens is 4. The summed E-state index contributed by atoms with van der Waals surface area (Å²) in [6, 6.07) is 6.20. The lowest BCUT2D eigenvalue weighted by Gasteiger charge is -2.26. The van der Waals surface area contributed by atoms with Crippen LogP contribution in [0, 0.1) is 0 Å². The molecule has 0 spiro atoms. The average molecular weight is 349 g/mol. The Hall–Kier alpha value is -2.43. The second-order valence-corrected chi connectivity index (χ2v) is 7.57. The first-order chi connectivity index (χ1) is 11.5. The Morgan fingerprint density at radius 3 is 2.75 bits per heavy atom. The van der Waals surface area contributed by atoms with Crippen molar-refractivity contribution in [2.24, 2.45) is 0 Å². The summed E-state index contributed by atoms with van der Waals surface area (Å²) in [4.78, 5) is 16.6. The van der Waals surface area contributed by atoms with Crippen LogP contribution in [0.2, 0.25) is 0 Å². The van der Waals surface area contributed by atoms with Crippen LogP contribution in [-0.2, 0) is 29.7 Å². The highest BCUT2D eigenvalue weighted by Gasteiger charge is 2.29. The van der Waals surface area contributed by atoms with E-state index in [1.54, 1.807) is 16.8 Å². The molecule has 0 aliphatic carbocycles. The normalized spacial score (nSPS) is 15.7. The van der Waals surface area contributed by atoms with Crippen molar-refractivity contribution < 1.29 is 13.5 Å². The molecule has 0 amide bonds. The molecule has 0 unspecified atom stereocenters. The zero-order valence-electron chi connectivity index (χ0n) is 12.6. The smallest absolute Gasteiger partial charge is 0.323 e. The van der Waals surface area contributed by atoms with Crippen LogP contribution in [0.4, 0.5) is 0 Å². The molecule has 0 radical (unpaired) electrons. The maximum Gasteiger partial charge on any atom is 0.323 e. The van der Waals surface area contributed by atoms with E-state index < -0.39 is 10.0 Å². The highest BCUT2D eigenvalue weighted by atomic mass is 32.2. The Morgan fingerprint density at radius 2 is 1.96 bits per heavy atom. The Bertz CT molecular complexity index is 1080. The number of hydrogen-bond acceptors (Lipinski definition) is 5. The van der Waals surface area contributed by atoms with Gasteiger partial charge in [0.2, 0.25) is 10.0 Å². The molecule has 0 fully saturated rings. The largest absolute Gasteiger partial charge is 0.390 e. The van der Waals surface area contributed by atoms with Gasteiger partial charge in [0.05, 0.1) is 47.0 Å². The predicted octanol–water partition coefficient (Wildman–Crippen LogP) is -0.251. The fourth-order valence-electron chi connectivity index (χ4n) is 2.91. The first kappa shape index (κ1) is 15.1. The number of rotatable bonds is 3. The van der Waals surface area contributed by atoms with E-state index in [4.69, 9.17) is 5.11 Å². The van der Waals surface area contributed by atoms with Crippen LogP contribution in [0.3, 0.4) is 0 Å². The summed E-state index contributed by atoms with van der Waals surface area (Å²) in [7, 11) is -3.69. The standard InChI is InChI=1S/C14H15N5O4S/c20-8-9-5-10-7-18(3-4-19(10)17-9)24(22,23)11-1-2-12-13(6-11)16-14(21)15-12/h1-2,5-6,20H,3-4,7-8H2,(H2,15,16,21). The van der Waals surface area contributed by atoms with Crippen molar-refractivity contribution in [3.63, 3.8) is 0 Å². The number of benzene rings is 1. The highest BCUT2D eigenvalue weighted by Crippen LogP contribution is 2.23. The molecule has 4 rings (SSSR count). The minimum atomic E-state index is -3.69. The number of fused-ring (bicyclic) bond motifs is 2. The van der Waals surface area contributed by atoms with Crippen molar-refractivity contribution in [2.75, 3.05) is 6.54 Å². The molecule has 9 nitrogen and oxygen atoms in total. The SMILES string of the molecule is O=c1[nH]c2ccc(S(=O)(=O)N3CCn4nc(CO)cc4C3)cc2[nH]1. The van der Waals surface area contributed by atoms with E-state index in [2.05, 4.69) is 15.1 Å². The first-order valence-corrected chi connectivity index (χ1v) is 8.80. The number of hydrogen-bond donors (Lipinski definition) is 3. The number of aliphatic hydroxyl groups is 1. The van der Waals surface area contributed by atoms with Gasteiger partial charge in [0.15, 0.2) is 0 Å². The summed E-state index contributed by atoms with van der Waals surface area (Å²) in [6.07, 6.45) is 0. The molecule has 24 heavy (non-hydrogen) atoms. The van der Waals surface area contributed by atoms with Crippen LogP contribution < -0.4 is 5.69 Å². The van der Waals surface area contributed by atoms with Gasteiger partial charge in [0, 0.05) is 6.54 Å². The molecule has 3 N–H and O–H groups in total.